The van der Waals surface area contributed by atoms with Crippen LogP contribution < -0.4 is 5.73 Å². The molecule has 3 N–H and O–H groups in total. The van der Waals surface area contributed by atoms with Gasteiger partial charge in [-0.25, -0.2) is 4.98 Å². The van der Waals surface area contributed by atoms with E-state index in [1.54, 1.807) is 10.3 Å². The summed E-state index contributed by atoms with van der Waals surface area (Å²) < 4.78 is 5.32. The molecule has 0 bridgehead atoms. The number of nitrogens with two attached hydrogens (primary N) is 1. The van der Waals surface area contributed by atoms with Crippen LogP contribution in [-0.2, 0) is 16.1 Å². The highest BCUT2D eigenvalue weighted by Gasteiger charge is 2.27. The van der Waals surface area contributed by atoms with Crippen LogP contribution in [0.2, 0.25) is 0 Å². The molecule has 1 aromatic heterocycles. The van der Waals surface area contributed by atoms with Gasteiger partial charge in [-0.3, -0.25) is 9.59 Å². The Morgan fingerprint density at radius 1 is 1.63 bits per heavy atom. The van der Waals surface area contributed by atoms with Crippen molar-refractivity contribution < 1.29 is 19.4 Å². The third-order valence-electron chi connectivity index (χ3n) is 2.77. The van der Waals surface area contributed by atoms with E-state index in [4.69, 9.17) is 15.6 Å². The Labute approximate surface area is 114 Å². The quantitative estimate of drug-likeness (QED) is 0.801. The summed E-state index contributed by atoms with van der Waals surface area (Å²) in [4.78, 5) is 28.5. The molecule has 0 saturated carbocycles. The molecule has 1 atom stereocenters. The molecule has 7 nitrogen and oxygen atoms in total. The Hall–Kier alpha value is -1.51. The number of ether oxygens (including phenoxy) is 1. The van der Waals surface area contributed by atoms with Gasteiger partial charge in [-0.15, -0.1) is 11.3 Å². The summed E-state index contributed by atoms with van der Waals surface area (Å²) in [5, 5.41) is 11.1. The second-order valence-electron chi connectivity index (χ2n) is 4.17. The third kappa shape index (κ3) is 3.49. The summed E-state index contributed by atoms with van der Waals surface area (Å²) in [6, 6.07) is 0. The highest BCUT2D eigenvalue weighted by Crippen LogP contribution is 2.15. The molecule has 1 amide bonds. The molecule has 1 aliphatic heterocycles. The average Bonchev–Trinajstić information content (AvgIpc) is 2.86. The molecule has 1 aromatic rings. The van der Waals surface area contributed by atoms with Gasteiger partial charge in [0.1, 0.15) is 10.7 Å². The van der Waals surface area contributed by atoms with E-state index < -0.39 is 12.1 Å². The number of aromatic nitrogens is 1. The van der Waals surface area contributed by atoms with Gasteiger partial charge >= 0.3 is 5.97 Å². The van der Waals surface area contributed by atoms with E-state index >= 15 is 0 Å². The molecule has 1 fully saturated rings. The largest absolute Gasteiger partial charge is 0.481 e. The lowest BCUT2D eigenvalue weighted by atomic mass is 10.2. The highest BCUT2D eigenvalue weighted by atomic mass is 32.1. The van der Waals surface area contributed by atoms with E-state index in [2.05, 4.69) is 4.98 Å². The van der Waals surface area contributed by atoms with Crippen LogP contribution >= 0.6 is 11.3 Å². The first-order chi connectivity index (χ1) is 9.10. The standard InChI is InChI=1S/C11H15N3O4S/c12-4-9-13-8(6-19-9)11(17)14-1-2-18-7(5-14)3-10(15)16/h6-7H,1-5,12H2,(H,15,16). The molecule has 1 unspecified atom stereocenters. The zero-order chi connectivity index (χ0) is 13.8. The van der Waals surface area contributed by atoms with E-state index in [0.29, 0.717) is 30.4 Å². The Morgan fingerprint density at radius 2 is 2.42 bits per heavy atom. The average molecular weight is 285 g/mol. The van der Waals surface area contributed by atoms with Crippen LogP contribution in [0.15, 0.2) is 5.38 Å². The SMILES string of the molecule is NCc1nc(C(=O)N2CCOC(CC(=O)O)C2)cs1. The summed E-state index contributed by atoms with van der Waals surface area (Å²) in [7, 11) is 0. The molecule has 2 heterocycles. The van der Waals surface area contributed by atoms with E-state index in [1.807, 2.05) is 0 Å². The van der Waals surface area contributed by atoms with Crippen molar-refractivity contribution >= 4 is 23.2 Å². The minimum absolute atomic E-state index is 0.102. The van der Waals surface area contributed by atoms with Crippen molar-refractivity contribution in [2.75, 3.05) is 19.7 Å². The molecule has 8 heteroatoms. The number of nitrogens with zero attached hydrogens (tertiary/aromatic N) is 2. The first kappa shape index (κ1) is 13.9. The molecule has 19 heavy (non-hydrogen) atoms. The lowest BCUT2D eigenvalue weighted by molar-refractivity contribution is -0.141. The summed E-state index contributed by atoms with van der Waals surface area (Å²) in [5.41, 5.74) is 5.82. The fourth-order valence-corrected chi connectivity index (χ4v) is 2.54. The minimum Gasteiger partial charge on any atom is -0.481 e. The van der Waals surface area contributed by atoms with E-state index in [0.717, 1.165) is 0 Å². The van der Waals surface area contributed by atoms with Crippen LogP contribution in [0.3, 0.4) is 0 Å². The van der Waals surface area contributed by atoms with Crippen LogP contribution in [0.5, 0.6) is 0 Å². The van der Waals surface area contributed by atoms with Crippen molar-refractivity contribution in [3.05, 3.63) is 16.1 Å². The lowest BCUT2D eigenvalue weighted by Crippen LogP contribution is -2.46. The van der Waals surface area contributed by atoms with Gasteiger partial charge in [-0.2, -0.15) is 0 Å². The number of thiazole rings is 1. The molecule has 1 saturated heterocycles. The summed E-state index contributed by atoms with van der Waals surface area (Å²) >= 11 is 1.34. The number of hydrogen-bond acceptors (Lipinski definition) is 6. The normalized spacial score (nSPS) is 19.4. The van der Waals surface area contributed by atoms with Gasteiger partial charge in [0.15, 0.2) is 0 Å². The molecule has 2 rings (SSSR count). The van der Waals surface area contributed by atoms with Crippen LogP contribution in [-0.4, -0.2) is 52.7 Å². The predicted molar refractivity (Wildman–Crippen MR) is 67.9 cm³/mol. The molecule has 0 aliphatic carbocycles. The first-order valence-corrected chi connectivity index (χ1v) is 6.75. The van der Waals surface area contributed by atoms with Crippen molar-refractivity contribution in [3.8, 4) is 0 Å². The molecule has 0 spiro atoms. The van der Waals surface area contributed by atoms with Crippen molar-refractivity contribution in [1.82, 2.24) is 9.88 Å². The van der Waals surface area contributed by atoms with Gasteiger partial charge in [-0.05, 0) is 0 Å². The van der Waals surface area contributed by atoms with Crippen LogP contribution in [0.25, 0.3) is 0 Å². The fourth-order valence-electron chi connectivity index (χ4n) is 1.89. The monoisotopic (exact) mass is 285 g/mol. The van der Waals surface area contributed by atoms with Gasteiger partial charge in [0.05, 0.1) is 19.1 Å². The van der Waals surface area contributed by atoms with E-state index in [9.17, 15) is 9.59 Å². The second-order valence-corrected chi connectivity index (χ2v) is 5.12. The molecule has 104 valence electrons. The Balaban J connectivity index is 2.00. The number of amides is 1. The van der Waals surface area contributed by atoms with Gasteiger partial charge in [-0.1, -0.05) is 0 Å². The van der Waals surface area contributed by atoms with Crippen molar-refractivity contribution in [3.63, 3.8) is 0 Å². The molecular formula is C11H15N3O4S. The van der Waals surface area contributed by atoms with Crippen LogP contribution in [0, 0.1) is 0 Å². The number of carbonyl (C=O) groups excluding carboxylic acids is 1. The van der Waals surface area contributed by atoms with Gasteiger partial charge in [0.25, 0.3) is 5.91 Å². The molecule has 0 radical (unpaired) electrons. The highest BCUT2D eigenvalue weighted by molar-refractivity contribution is 7.09. The number of hydrogen-bond donors (Lipinski definition) is 2. The van der Waals surface area contributed by atoms with Crippen molar-refractivity contribution in [1.29, 1.82) is 0 Å². The predicted octanol–water partition coefficient (Wildman–Crippen LogP) is -0.0825. The topological polar surface area (TPSA) is 106 Å². The van der Waals surface area contributed by atoms with Gasteiger partial charge in [0, 0.05) is 25.0 Å². The maximum Gasteiger partial charge on any atom is 0.306 e. The van der Waals surface area contributed by atoms with Gasteiger partial charge in [0.2, 0.25) is 0 Å². The maximum atomic E-state index is 12.2. The van der Waals surface area contributed by atoms with Gasteiger partial charge < -0.3 is 20.5 Å². The Bertz CT molecular complexity index is 476. The number of rotatable bonds is 4. The van der Waals surface area contributed by atoms with E-state index in [1.165, 1.54) is 11.3 Å². The number of carboxylic acids is 1. The number of aliphatic carboxylic acids is 1. The Kier molecular flexibility index (Phi) is 4.46. The number of carbonyl (C=O) groups is 2. The van der Waals surface area contributed by atoms with Crippen molar-refractivity contribution in [2.45, 2.75) is 19.1 Å². The zero-order valence-electron chi connectivity index (χ0n) is 10.2. The maximum absolute atomic E-state index is 12.2. The van der Waals surface area contributed by atoms with Crippen molar-refractivity contribution in [2.24, 2.45) is 5.73 Å². The number of morpholine rings is 1. The molecule has 0 aromatic carbocycles. The molecular weight excluding hydrogens is 270 g/mol. The Morgan fingerprint density at radius 3 is 3.05 bits per heavy atom. The smallest absolute Gasteiger partial charge is 0.306 e. The molecule has 1 aliphatic rings. The number of carboxylic acid groups (broad SMARTS) is 1. The second kappa shape index (κ2) is 6.09. The lowest BCUT2D eigenvalue weighted by Gasteiger charge is -2.31. The minimum atomic E-state index is -0.932. The first-order valence-electron chi connectivity index (χ1n) is 5.87. The summed E-state index contributed by atoms with van der Waals surface area (Å²) in [6.07, 6.45) is -0.558. The van der Waals surface area contributed by atoms with Crippen LogP contribution in [0.1, 0.15) is 21.9 Å². The van der Waals surface area contributed by atoms with E-state index in [-0.39, 0.29) is 18.9 Å². The van der Waals surface area contributed by atoms with Crippen LogP contribution in [0.4, 0.5) is 0 Å². The summed E-state index contributed by atoms with van der Waals surface area (Å²) in [5.74, 6) is -1.13. The third-order valence-corrected chi connectivity index (χ3v) is 3.64. The zero-order valence-corrected chi connectivity index (χ0v) is 11.1. The fraction of sp³-hybridized carbons (Fsp3) is 0.545. The summed E-state index contributed by atoms with van der Waals surface area (Å²) in [6.45, 7) is 1.38.